The Morgan fingerprint density at radius 3 is 1.48 bits per heavy atom. The maximum atomic E-state index is 2.48. The monoisotopic (exact) mass is 798 g/mol. The SMILES string of the molecule is Cc1cc(-c2ccc(N(c3ccccc3-c3ccc4sc5ccccc5c4c3)c3cccc4ccccc34)c(C)c2)ccc1N(c1ccccc1)c1cccc2ccccc12. The van der Waals surface area contributed by atoms with Crippen LogP contribution in [0.5, 0.6) is 0 Å². The standard InChI is InChI=1S/C58H42N2S/c1-39-36-43(30-33-52(39)59(46-20-4-3-5-21-46)54-27-14-18-41-16-6-8-22-47(41)54)44-31-34-53(40(2)37-44)60(56-28-15-19-42-17-7-9-23-48(42)56)55-26-12-10-24-49(55)45-32-35-58-51(38-45)50-25-11-13-29-57(50)61-58/h3-38H,1-2H3. The lowest BCUT2D eigenvalue weighted by atomic mass is 9.96. The lowest BCUT2D eigenvalue weighted by Gasteiger charge is -2.30. The molecule has 1 heterocycles. The van der Waals surface area contributed by atoms with Crippen LogP contribution in [0.3, 0.4) is 0 Å². The van der Waals surface area contributed by atoms with Crippen molar-refractivity contribution in [2.75, 3.05) is 9.80 Å². The Morgan fingerprint density at radius 1 is 0.311 bits per heavy atom. The third-order valence-corrected chi connectivity index (χ3v) is 13.2. The van der Waals surface area contributed by atoms with Crippen LogP contribution in [-0.4, -0.2) is 0 Å². The molecule has 2 nitrogen and oxygen atoms in total. The van der Waals surface area contributed by atoms with Gasteiger partial charge >= 0.3 is 0 Å². The fourth-order valence-electron chi connectivity index (χ4n) is 9.16. The molecule has 0 aliphatic heterocycles. The van der Waals surface area contributed by atoms with Crippen molar-refractivity contribution in [1.82, 2.24) is 0 Å². The van der Waals surface area contributed by atoms with Crippen LogP contribution in [0, 0.1) is 13.8 Å². The van der Waals surface area contributed by atoms with Crippen LogP contribution in [0.1, 0.15) is 11.1 Å². The van der Waals surface area contributed by atoms with Crippen molar-refractivity contribution in [3.63, 3.8) is 0 Å². The first-order chi connectivity index (χ1) is 30.1. The van der Waals surface area contributed by atoms with Gasteiger partial charge in [-0.15, -0.1) is 11.3 Å². The lowest BCUT2D eigenvalue weighted by Crippen LogP contribution is -2.13. The van der Waals surface area contributed by atoms with Crippen LogP contribution >= 0.6 is 11.3 Å². The lowest BCUT2D eigenvalue weighted by molar-refractivity contribution is 1.25. The second kappa shape index (κ2) is 15.3. The van der Waals surface area contributed by atoms with Crippen LogP contribution in [0.4, 0.5) is 34.1 Å². The normalized spacial score (nSPS) is 11.4. The minimum Gasteiger partial charge on any atom is -0.310 e. The third-order valence-electron chi connectivity index (χ3n) is 12.1. The van der Waals surface area contributed by atoms with Gasteiger partial charge in [-0.25, -0.2) is 0 Å². The molecule has 0 bridgehead atoms. The first kappa shape index (κ1) is 36.6. The molecule has 10 aromatic carbocycles. The predicted molar refractivity (Wildman–Crippen MR) is 264 cm³/mol. The second-order valence-corrected chi connectivity index (χ2v) is 16.9. The van der Waals surface area contributed by atoms with E-state index in [2.05, 4.69) is 242 Å². The van der Waals surface area contributed by atoms with Gasteiger partial charge < -0.3 is 9.80 Å². The maximum absolute atomic E-state index is 2.48. The smallest absolute Gasteiger partial charge is 0.0540 e. The Morgan fingerprint density at radius 2 is 0.803 bits per heavy atom. The van der Waals surface area contributed by atoms with Gasteiger partial charge in [-0.3, -0.25) is 0 Å². The molecule has 0 amide bonds. The highest BCUT2D eigenvalue weighted by Crippen LogP contribution is 2.47. The third kappa shape index (κ3) is 6.51. The van der Waals surface area contributed by atoms with Crippen molar-refractivity contribution < 1.29 is 0 Å². The molecular formula is C58H42N2S. The van der Waals surface area contributed by atoms with Gasteiger partial charge in [-0.1, -0.05) is 146 Å². The Kier molecular flexibility index (Phi) is 9.18. The molecule has 290 valence electrons. The van der Waals surface area contributed by atoms with E-state index in [1.807, 2.05) is 11.3 Å². The number of aryl methyl sites for hydroxylation is 2. The minimum atomic E-state index is 1.13. The van der Waals surface area contributed by atoms with Crippen LogP contribution < -0.4 is 9.80 Å². The summed E-state index contributed by atoms with van der Waals surface area (Å²) in [5, 5.41) is 7.48. The van der Waals surface area contributed by atoms with E-state index in [9.17, 15) is 0 Å². The van der Waals surface area contributed by atoms with Crippen LogP contribution in [0.15, 0.2) is 218 Å². The van der Waals surface area contributed by atoms with E-state index in [1.54, 1.807) is 0 Å². The van der Waals surface area contributed by atoms with Crippen molar-refractivity contribution in [1.29, 1.82) is 0 Å². The number of thiophene rings is 1. The largest absolute Gasteiger partial charge is 0.310 e. The summed E-state index contributed by atoms with van der Waals surface area (Å²) in [6, 6.07) is 79.8. The maximum Gasteiger partial charge on any atom is 0.0540 e. The summed E-state index contributed by atoms with van der Waals surface area (Å²) in [5.41, 5.74) is 14.1. The number of benzene rings is 10. The second-order valence-electron chi connectivity index (χ2n) is 15.8. The van der Waals surface area contributed by atoms with Gasteiger partial charge in [0.1, 0.15) is 0 Å². The molecule has 0 aliphatic rings. The average Bonchev–Trinajstić information content (AvgIpc) is 3.69. The molecule has 0 N–H and O–H groups in total. The number of para-hydroxylation sites is 2. The number of fused-ring (bicyclic) bond motifs is 5. The Labute approximate surface area is 360 Å². The molecule has 11 rings (SSSR count). The van der Waals surface area contributed by atoms with Crippen molar-refractivity contribution in [2.24, 2.45) is 0 Å². The molecule has 1 aromatic heterocycles. The van der Waals surface area contributed by atoms with E-state index in [-0.39, 0.29) is 0 Å². The molecule has 0 unspecified atom stereocenters. The highest BCUT2D eigenvalue weighted by Gasteiger charge is 2.22. The summed E-state index contributed by atoms with van der Waals surface area (Å²) < 4.78 is 2.63. The summed E-state index contributed by atoms with van der Waals surface area (Å²) in [7, 11) is 0. The Bertz CT molecular complexity index is 3410. The number of anilines is 6. The number of hydrogen-bond donors (Lipinski definition) is 0. The van der Waals surface area contributed by atoms with E-state index in [0.29, 0.717) is 0 Å². The zero-order valence-electron chi connectivity index (χ0n) is 34.1. The molecule has 0 spiro atoms. The molecule has 0 atom stereocenters. The summed E-state index contributed by atoms with van der Waals surface area (Å²) in [6.45, 7) is 4.48. The molecule has 0 saturated carbocycles. The van der Waals surface area contributed by atoms with Gasteiger partial charge in [0.25, 0.3) is 0 Å². The van der Waals surface area contributed by atoms with Crippen LogP contribution in [-0.2, 0) is 0 Å². The van der Waals surface area contributed by atoms with Gasteiger partial charge in [0.2, 0.25) is 0 Å². The quantitative estimate of drug-likeness (QED) is 0.151. The summed E-state index contributed by atoms with van der Waals surface area (Å²) in [6.07, 6.45) is 0. The molecule has 0 saturated heterocycles. The van der Waals surface area contributed by atoms with Gasteiger partial charge in [-0.05, 0) is 125 Å². The van der Waals surface area contributed by atoms with Crippen molar-refractivity contribution in [3.05, 3.63) is 230 Å². The molecule has 0 aliphatic carbocycles. The summed E-state index contributed by atoms with van der Waals surface area (Å²) in [4.78, 5) is 4.87. The number of hydrogen-bond acceptors (Lipinski definition) is 3. The van der Waals surface area contributed by atoms with E-state index in [4.69, 9.17) is 0 Å². The van der Waals surface area contributed by atoms with Crippen LogP contribution in [0.2, 0.25) is 0 Å². The molecule has 0 fully saturated rings. The van der Waals surface area contributed by atoms with E-state index < -0.39 is 0 Å². The zero-order valence-corrected chi connectivity index (χ0v) is 34.9. The fourth-order valence-corrected chi connectivity index (χ4v) is 10.2. The fraction of sp³-hybridized carbons (Fsp3) is 0.0345. The summed E-state index contributed by atoms with van der Waals surface area (Å²) in [5.74, 6) is 0. The van der Waals surface area contributed by atoms with Crippen molar-refractivity contribution in [2.45, 2.75) is 13.8 Å². The topological polar surface area (TPSA) is 6.48 Å². The molecule has 11 aromatic rings. The van der Waals surface area contributed by atoms with E-state index in [0.717, 1.165) is 34.1 Å². The first-order valence-corrected chi connectivity index (χ1v) is 21.7. The summed E-state index contributed by atoms with van der Waals surface area (Å²) >= 11 is 1.86. The van der Waals surface area contributed by atoms with Crippen LogP contribution in [0.25, 0.3) is 64.0 Å². The van der Waals surface area contributed by atoms with Crippen molar-refractivity contribution >= 4 is 87.2 Å². The van der Waals surface area contributed by atoms with Gasteiger partial charge in [0.05, 0.1) is 17.1 Å². The molecule has 61 heavy (non-hydrogen) atoms. The van der Waals surface area contributed by atoms with E-state index in [1.165, 1.54) is 75.1 Å². The number of rotatable bonds is 8. The molecule has 0 radical (unpaired) electrons. The zero-order chi connectivity index (χ0) is 40.9. The van der Waals surface area contributed by atoms with Crippen molar-refractivity contribution in [3.8, 4) is 22.3 Å². The van der Waals surface area contributed by atoms with Gasteiger partial charge in [0, 0.05) is 53.6 Å². The first-order valence-electron chi connectivity index (χ1n) is 20.9. The highest BCUT2D eigenvalue weighted by atomic mass is 32.1. The molecular weight excluding hydrogens is 757 g/mol. The van der Waals surface area contributed by atoms with Gasteiger partial charge in [-0.2, -0.15) is 0 Å². The average molecular weight is 799 g/mol. The number of nitrogens with zero attached hydrogens (tertiary/aromatic N) is 2. The van der Waals surface area contributed by atoms with Gasteiger partial charge in [0.15, 0.2) is 0 Å². The Balaban J connectivity index is 1.03. The minimum absolute atomic E-state index is 1.13. The Hall–Kier alpha value is -7.46. The molecule has 3 heteroatoms. The predicted octanol–water partition coefficient (Wildman–Crippen LogP) is 17.3. The van der Waals surface area contributed by atoms with E-state index >= 15 is 0 Å². The highest BCUT2D eigenvalue weighted by molar-refractivity contribution is 7.25.